The van der Waals surface area contributed by atoms with Crippen LogP contribution in [0.15, 0.2) is 35.1 Å². The standard InChI is InChI=1S/C16H19FN4O/c1-20-6-8-21(9-7-20)16-18-13(11-15(22)19-16)10-12-4-2-3-5-14(12)17/h2-5,11H,6-10H2,1H3,(H,18,19,22). The smallest absolute Gasteiger partial charge is 0.252 e. The SMILES string of the molecule is CN1CCN(c2nc(Cc3ccccc3F)cc(=O)[nH]2)CC1. The molecule has 6 heteroatoms. The number of hydrogen-bond acceptors (Lipinski definition) is 4. The lowest BCUT2D eigenvalue weighted by Crippen LogP contribution is -2.45. The zero-order valence-corrected chi connectivity index (χ0v) is 12.6. The Kier molecular flexibility index (Phi) is 4.20. The number of nitrogens with zero attached hydrogens (tertiary/aromatic N) is 3. The molecule has 2 heterocycles. The lowest BCUT2D eigenvalue weighted by atomic mass is 10.1. The molecular weight excluding hydrogens is 283 g/mol. The van der Waals surface area contributed by atoms with E-state index in [1.807, 2.05) is 0 Å². The van der Waals surface area contributed by atoms with E-state index < -0.39 is 0 Å². The van der Waals surface area contributed by atoms with Crippen molar-refractivity contribution >= 4 is 5.95 Å². The minimum Gasteiger partial charge on any atom is -0.340 e. The molecule has 0 radical (unpaired) electrons. The van der Waals surface area contributed by atoms with Crippen LogP contribution >= 0.6 is 0 Å². The van der Waals surface area contributed by atoms with E-state index in [-0.39, 0.29) is 11.4 Å². The largest absolute Gasteiger partial charge is 0.340 e. The van der Waals surface area contributed by atoms with Crippen molar-refractivity contribution in [2.24, 2.45) is 0 Å². The Morgan fingerprint density at radius 3 is 2.68 bits per heavy atom. The normalized spacial score (nSPS) is 16.0. The molecule has 1 aliphatic rings. The topological polar surface area (TPSA) is 52.2 Å². The minimum atomic E-state index is -0.272. The lowest BCUT2D eigenvalue weighted by Gasteiger charge is -2.32. The third-order valence-electron chi connectivity index (χ3n) is 3.91. The van der Waals surface area contributed by atoms with Crippen LogP contribution in [0, 0.1) is 5.82 Å². The summed E-state index contributed by atoms with van der Waals surface area (Å²) in [5.74, 6) is 0.303. The number of halogens is 1. The molecule has 3 rings (SSSR count). The summed E-state index contributed by atoms with van der Waals surface area (Å²) in [6.45, 7) is 3.51. The van der Waals surface area contributed by atoms with E-state index in [0.717, 1.165) is 26.2 Å². The average Bonchev–Trinajstić information content (AvgIpc) is 2.50. The number of hydrogen-bond donors (Lipinski definition) is 1. The molecule has 0 spiro atoms. The molecule has 5 nitrogen and oxygen atoms in total. The monoisotopic (exact) mass is 302 g/mol. The van der Waals surface area contributed by atoms with Crippen LogP contribution in [0.3, 0.4) is 0 Å². The van der Waals surface area contributed by atoms with Gasteiger partial charge in [-0.25, -0.2) is 9.37 Å². The Balaban J connectivity index is 1.84. The first-order valence-electron chi connectivity index (χ1n) is 7.39. The summed E-state index contributed by atoms with van der Waals surface area (Å²) < 4.78 is 13.7. The first-order chi connectivity index (χ1) is 10.6. The molecule has 1 aliphatic heterocycles. The van der Waals surface area contributed by atoms with Crippen molar-refractivity contribution < 1.29 is 4.39 Å². The molecule has 1 aromatic heterocycles. The molecule has 116 valence electrons. The van der Waals surface area contributed by atoms with Crippen LogP contribution in [-0.4, -0.2) is 48.1 Å². The fourth-order valence-corrected chi connectivity index (χ4v) is 2.59. The highest BCUT2D eigenvalue weighted by molar-refractivity contribution is 5.33. The number of nitrogens with one attached hydrogen (secondary N) is 1. The molecule has 0 bridgehead atoms. The molecule has 1 aromatic carbocycles. The Hall–Kier alpha value is -2.21. The first-order valence-corrected chi connectivity index (χ1v) is 7.39. The van der Waals surface area contributed by atoms with E-state index in [1.54, 1.807) is 18.2 Å². The number of benzene rings is 1. The van der Waals surface area contributed by atoms with Gasteiger partial charge in [-0.2, -0.15) is 0 Å². The van der Waals surface area contributed by atoms with E-state index in [9.17, 15) is 9.18 Å². The van der Waals surface area contributed by atoms with E-state index >= 15 is 0 Å². The molecule has 0 aliphatic carbocycles. The molecule has 0 amide bonds. The van der Waals surface area contributed by atoms with E-state index in [0.29, 0.717) is 23.6 Å². The van der Waals surface area contributed by atoms with Crippen LogP contribution in [0.25, 0.3) is 0 Å². The van der Waals surface area contributed by atoms with Crippen molar-refractivity contribution in [3.05, 3.63) is 57.8 Å². The van der Waals surface area contributed by atoms with Gasteiger partial charge >= 0.3 is 0 Å². The highest BCUT2D eigenvalue weighted by Gasteiger charge is 2.17. The van der Waals surface area contributed by atoms with Crippen molar-refractivity contribution in [1.82, 2.24) is 14.9 Å². The minimum absolute atomic E-state index is 0.199. The molecule has 0 unspecified atom stereocenters. The molecule has 1 N–H and O–H groups in total. The summed E-state index contributed by atoms with van der Waals surface area (Å²) in [6, 6.07) is 8.01. The van der Waals surface area contributed by atoms with E-state index in [1.165, 1.54) is 12.1 Å². The maximum Gasteiger partial charge on any atom is 0.252 e. The summed E-state index contributed by atoms with van der Waals surface area (Å²) in [5, 5.41) is 0. The van der Waals surface area contributed by atoms with Crippen LogP contribution in [0.1, 0.15) is 11.3 Å². The number of aromatic amines is 1. The fourth-order valence-electron chi connectivity index (χ4n) is 2.59. The number of H-pyrrole nitrogens is 1. The van der Waals surface area contributed by atoms with Crippen LogP contribution in [0.2, 0.25) is 0 Å². The zero-order valence-electron chi connectivity index (χ0n) is 12.6. The van der Waals surface area contributed by atoms with Crippen molar-refractivity contribution in [3.63, 3.8) is 0 Å². The maximum atomic E-state index is 13.7. The van der Waals surface area contributed by atoms with Gasteiger partial charge in [0.2, 0.25) is 5.95 Å². The summed E-state index contributed by atoms with van der Waals surface area (Å²) in [4.78, 5) is 23.4. The van der Waals surface area contributed by atoms with Gasteiger partial charge in [-0.15, -0.1) is 0 Å². The second-order valence-electron chi connectivity index (χ2n) is 5.62. The molecular formula is C16H19FN4O. The van der Waals surface area contributed by atoms with Crippen molar-refractivity contribution in [3.8, 4) is 0 Å². The Labute approximate surface area is 128 Å². The van der Waals surface area contributed by atoms with Crippen molar-refractivity contribution in [2.45, 2.75) is 6.42 Å². The number of aromatic nitrogens is 2. The quantitative estimate of drug-likeness (QED) is 0.927. The fraction of sp³-hybridized carbons (Fsp3) is 0.375. The van der Waals surface area contributed by atoms with Gasteiger partial charge in [0.1, 0.15) is 5.82 Å². The number of rotatable bonds is 3. The Morgan fingerprint density at radius 2 is 1.95 bits per heavy atom. The third kappa shape index (κ3) is 3.33. The van der Waals surface area contributed by atoms with Gasteiger partial charge in [0.05, 0.1) is 5.69 Å². The summed E-state index contributed by atoms with van der Waals surface area (Å²) >= 11 is 0. The molecule has 2 aromatic rings. The second kappa shape index (κ2) is 6.27. The summed E-state index contributed by atoms with van der Waals surface area (Å²) in [5.41, 5.74) is 0.933. The van der Waals surface area contributed by atoms with Gasteiger partial charge in [0.15, 0.2) is 0 Å². The van der Waals surface area contributed by atoms with Crippen molar-refractivity contribution in [1.29, 1.82) is 0 Å². The molecule has 0 saturated carbocycles. The van der Waals surface area contributed by atoms with Gasteiger partial charge in [0, 0.05) is 38.7 Å². The van der Waals surface area contributed by atoms with Crippen LogP contribution < -0.4 is 10.5 Å². The van der Waals surface area contributed by atoms with Crippen LogP contribution in [0.4, 0.5) is 10.3 Å². The lowest BCUT2D eigenvalue weighted by molar-refractivity contribution is 0.311. The van der Waals surface area contributed by atoms with Gasteiger partial charge in [-0.1, -0.05) is 18.2 Å². The van der Waals surface area contributed by atoms with Gasteiger partial charge < -0.3 is 9.80 Å². The van der Waals surface area contributed by atoms with Crippen LogP contribution in [0.5, 0.6) is 0 Å². The van der Waals surface area contributed by atoms with E-state index in [2.05, 4.69) is 26.8 Å². The highest BCUT2D eigenvalue weighted by atomic mass is 19.1. The average molecular weight is 302 g/mol. The maximum absolute atomic E-state index is 13.7. The highest BCUT2D eigenvalue weighted by Crippen LogP contribution is 2.13. The molecule has 1 fully saturated rings. The summed E-state index contributed by atoms with van der Waals surface area (Å²) in [7, 11) is 2.07. The Bertz CT molecular complexity index is 707. The number of piperazine rings is 1. The van der Waals surface area contributed by atoms with Crippen molar-refractivity contribution in [2.75, 3.05) is 38.1 Å². The summed E-state index contributed by atoms with van der Waals surface area (Å²) in [6.07, 6.45) is 0.317. The van der Waals surface area contributed by atoms with E-state index in [4.69, 9.17) is 0 Å². The van der Waals surface area contributed by atoms with Crippen LogP contribution in [-0.2, 0) is 6.42 Å². The first kappa shape index (κ1) is 14.7. The molecule has 0 atom stereocenters. The predicted molar refractivity (Wildman–Crippen MR) is 83.8 cm³/mol. The number of likely N-dealkylation sites (N-methyl/N-ethyl adjacent to an activating group) is 1. The van der Waals surface area contributed by atoms with Gasteiger partial charge in [0.25, 0.3) is 5.56 Å². The molecule has 1 saturated heterocycles. The predicted octanol–water partition coefficient (Wildman–Crippen LogP) is 1.25. The molecule has 22 heavy (non-hydrogen) atoms. The number of anilines is 1. The second-order valence-corrected chi connectivity index (χ2v) is 5.62. The van der Waals surface area contributed by atoms with Gasteiger partial charge in [-0.05, 0) is 18.7 Å². The van der Waals surface area contributed by atoms with Gasteiger partial charge in [-0.3, -0.25) is 9.78 Å². The third-order valence-corrected chi connectivity index (χ3v) is 3.91. The Morgan fingerprint density at radius 1 is 1.23 bits per heavy atom. The zero-order chi connectivity index (χ0) is 15.5.